The maximum absolute atomic E-state index is 8.75. The summed E-state index contributed by atoms with van der Waals surface area (Å²) in [5.74, 6) is 0. The van der Waals surface area contributed by atoms with Crippen molar-refractivity contribution in [1.82, 2.24) is 4.98 Å². The maximum atomic E-state index is 8.75. The van der Waals surface area contributed by atoms with Crippen molar-refractivity contribution in [3.05, 3.63) is 10.0 Å². The smallest absolute Gasteiger partial charge is 0.188 e. The summed E-state index contributed by atoms with van der Waals surface area (Å²) < 4.78 is 0. The third-order valence-corrected chi connectivity index (χ3v) is 3.71. The lowest BCUT2D eigenvalue weighted by molar-refractivity contribution is 0.577. The van der Waals surface area contributed by atoms with Crippen LogP contribution in [0.25, 0.3) is 0 Å². The van der Waals surface area contributed by atoms with Crippen molar-refractivity contribution < 1.29 is 0 Å². The summed E-state index contributed by atoms with van der Waals surface area (Å²) in [4.78, 5) is 6.92. The minimum Gasteiger partial charge on any atom is -0.348 e. The SMILES string of the molecule is N#Cc1sc(N2CCCCC2)nc1Cl. The minimum absolute atomic E-state index is 0.345. The lowest BCUT2D eigenvalue weighted by atomic mass is 10.1. The van der Waals surface area contributed by atoms with Gasteiger partial charge >= 0.3 is 0 Å². The minimum atomic E-state index is 0.345. The Balaban J connectivity index is 2.19. The topological polar surface area (TPSA) is 39.9 Å². The molecule has 1 aromatic rings. The van der Waals surface area contributed by atoms with Gasteiger partial charge in [0.15, 0.2) is 10.3 Å². The highest BCUT2D eigenvalue weighted by Crippen LogP contribution is 2.30. The van der Waals surface area contributed by atoms with Crippen LogP contribution >= 0.6 is 22.9 Å². The zero-order valence-electron chi connectivity index (χ0n) is 7.66. The summed E-state index contributed by atoms with van der Waals surface area (Å²) in [6, 6.07) is 2.05. The van der Waals surface area contributed by atoms with Gasteiger partial charge in [-0.1, -0.05) is 22.9 Å². The molecule has 0 atom stereocenters. The normalized spacial score (nSPS) is 16.7. The number of hydrogen-bond donors (Lipinski definition) is 0. The third kappa shape index (κ3) is 1.84. The zero-order chi connectivity index (χ0) is 9.97. The van der Waals surface area contributed by atoms with Crippen LogP contribution in [0.15, 0.2) is 0 Å². The van der Waals surface area contributed by atoms with Gasteiger partial charge in [0.25, 0.3) is 0 Å². The van der Waals surface area contributed by atoms with Crippen molar-refractivity contribution >= 4 is 28.1 Å². The van der Waals surface area contributed by atoms with Gasteiger partial charge in [0, 0.05) is 13.1 Å². The van der Waals surface area contributed by atoms with Crippen molar-refractivity contribution in [2.45, 2.75) is 19.3 Å². The first-order chi connectivity index (χ1) is 6.81. The Labute approximate surface area is 91.9 Å². The van der Waals surface area contributed by atoms with E-state index in [1.54, 1.807) is 0 Å². The number of halogens is 1. The molecular weight excluding hydrogens is 218 g/mol. The van der Waals surface area contributed by atoms with Crippen molar-refractivity contribution in [2.75, 3.05) is 18.0 Å². The lowest BCUT2D eigenvalue weighted by Crippen LogP contribution is -2.29. The Morgan fingerprint density at radius 3 is 2.64 bits per heavy atom. The van der Waals surface area contributed by atoms with Crippen LogP contribution in [0.4, 0.5) is 5.13 Å². The maximum Gasteiger partial charge on any atom is 0.188 e. The van der Waals surface area contributed by atoms with Crippen LogP contribution in [0.1, 0.15) is 24.1 Å². The van der Waals surface area contributed by atoms with Crippen LogP contribution in [-0.4, -0.2) is 18.1 Å². The van der Waals surface area contributed by atoms with Crippen LogP contribution in [0.3, 0.4) is 0 Å². The Kier molecular flexibility index (Phi) is 2.90. The summed E-state index contributed by atoms with van der Waals surface area (Å²) in [5, 5.41) is 9.99. The second kappa shape index (κ2) is 4.16. The molecule has 1 saturated heterocycles. The van der Waals surface area contributed by atoms with E-state index in [0.29, 0.717) is 10.0 Å². The van der Waals surface area contributed by atoms with E-state index in [4.69, 9.17) is 16.9 Å². The predicted molar refractivity (Wildman–Crippen MR) is 57.9 cm³/mol. The van der Waals surface area contributed by atoms with E-state index in [0.717, 1.165) is 18.2 Å². The van der Waals surface area contributed by atoms with E-state index in [1.165, 1.54) is 30.6 Å². The van der Waals surface area contributed by atoms with Gasteiger partial charge in [0.1, 0.15) is 10.9 Å². The van der Waals surface area contributed by atoms with E-state index in [-0.39, 0.29) is 0 Å². The number of nitriles is 1. The molecule has 3 nitrogen and oxygen atoms in total. The molecule has 1 fully saturated rings. The van der Waals surface area contributed by atoms with E-state index in [9.17, 15) is 0 Å². The van der Waals surface area contributed by atoms with E-state index >= 15 is 0 Å². The number of nitrogens with zero attached hydrogens (tertiary/aromatic N) is 3. The van der Waals surface area contributed by atoms with Crippen molar-refractivity contribution in [1.29, 1.82) is 5.26 Å². The Morgan fingerprint density at radius 2 is 2.07 bits per heavy atom. The third-order valence-electron chi connectivity index (χ3n) is 2.30. The molecular formula is C9H10ClN3S. The molecule has 1 aliphatic heterocycles. The standard InChI is InChI=1S/C9H10ClN3S/c10-8-7(6-11)14-9(12-8)13-4-2-1-3-5-13/h1-5H2. The molecule has 1 aromatic heterocycles. The van der Waals surface area contributed by atoms with E-state index in [2.05, 4.69) is 16.0 Å². The fraction of sp³-hybridized carbons (Fsp3) is 0.556. The molecule has 0 saturated carbocycles. The fourth-order valence-corrected chi connectivity index (χ4v) is 2.68. The van der Waals surface area contributed by atoms with Crippen LogP contribution in [0.5, 0.6) is 0 Å². The van der Waals surface area contributed by atoms with Crippen molar-refractivity contribution in [3.63, 3.8) is 0 Å². The van der Waals surface area contributed by atoms with Gasteiger partial charge in [0.2, 0.25) is 0 Å². The van der Waals surface area contributed by atoms with Crippen molar-refractivity contribution in [3.8, 4) is 6.07 Å². The number of hydrogen-bond acceptors (Lipinski definition) is 4. The molecule has 0 spiro atoms. The molecule has 0 N–H and O–H groups in total. The lowest BCUT2D eigenvalue weighted by Gasteiger charge is -2.25. The average Bonchev–Trinajstić information content (AvgIpc) is 2.61. The summed E-state index contributed by atoms with van der Waals surface area (Å²) in [5.41, 5.74) is 0. The molecule has 0 aromatic carbocycles. The van der Waals surface area contributed by atoms with E-state index < -0.39 is 0 Å². The Hall–Kier alpha value is -0.790. The van der Waals surface area contributed by atoms with E-state index in [1.807, 2.05) is 0 Å². The monoisotopic (exact) mass is 227 g/mol. The highest BCUT2D eigenvalue weighted by molar-refractivity contribution is 7.16. The number of piperidine rings is 1. The molecule has 0 radical (unpaired) electrons. The largest absolute Gasteiger partial charge is 0.348 e. The first kappa shape index (κ1) is 9.75. The zero-order valence-corrected chi connectivity index (χ0v) is 9.24. The molecule has 0 bridgehead atoms. The van der Waals surface area contributed by atoms with Gasteiger partial charge in [-0.3, -0.25) is 0 Å². The average molecular weight is 228 g/mol. The molecule has 1 aliphatic rings. The van der Waals surface area contributed by atoms with Gasteiger partial charge < -0.3 is 4.90 Å². The molecule has 74 valence electrons. The molecule has 0 aliphatic carbocycles. The summed E-state index contributed by atoms with van der Waals surface area (Å²) >= 11 is 7.20. The highest BCUT2D eigenvalue weighted by atomic mass is 35.5. The molecule has 2 heterocycles. The predicted octanol–water partition coefficient (Wildman–Crippen LogP) is 2.66. The van der Waals surface area contributed by atoms with Gasteiger partial charge in [-0.15, -0.1) is 0 Å². The van der Waals surface area contributed by atoms with Gasteiger partial charge in [-0.25, -0.2) is 4.98 Å². The number of aromatic nitrogens is 1. The summed E-state index contributed by atoms with van der Waals surface area (Å²) in [6.45, 7) is 2.07. The van der Waals surface area contributed by atoms with Gasteiger partial charge in [-0.05, 0) is 19.3 Å². The fourth-order valence-electron chi connectivity index (χ4n) is 1.58. The van der Waals surface area contributed by atoms with Gasteiger partial charge in [-0.2, -0.15) is 5.26 Å². The second-order valence-electron chi connectivity index (χ2n) is 3.28. The van der Waals surface area contributed by atoms with Crippen LogP contribution in [0.2, 0.25) is 5.15 Å². The Bertz CT molecular complexity index is 363. The summed E-state index contributed by atoms with van der Waals surface area (Å²) in [7, 11) is 0. The number of anilines is 1. The molecule has 0 amide bonds. The highest BCUT2D eigenvalue weighted by Gasteiger charge is 2.16. The number of thiazole rings is 1. The second-order valence-corrected chi connectivity index (χ2v) is 4.61. The molecule has 5 heteroatoms. The Morgan fingerprint density at radius 1 is 1.36 bits per heavy atom. The molecule has 2 rings (SSSR count). The first-order valence-corrected chi connectivity index (χ1v) is 5.82. The van der Waals surface area contributed by atoms with Crippen LogP contribution in [-0.2, 0) is 0 Å². The quantitative estimate of drug-likeness (QED) is 0.741. The summed E-state index contributed by atoms with van der Waals surface area (Å²) in [6.07, 6.45) is 3.71. The van der Waals surface area contributed by atoms with Gasteiger partial charge in [0.05, 0.1) is 0 Å². The molecule has 14 heavy (non-hydrogen) atoms. The van der Waals surface area contributed by atoms with Crippen molar-refractivity contribution in [2.24, 2.45) is 0 Å². The first-order valence-electron chi connectivity index (χ1n) is 4.62. The molecule has 0 unspecified atom stereocenters. The van der Waals surface area contributed by atoms with Crippen LogP contribution in [0, 0.1) is 11.3 Å². The van der Waals surface area contributed by atoms with Crippen LogP contribution < -0.4 is 4.90 Å². The number of rotatable bonds is 1.